The Morgan fingerprint density at radius 1 is 1.08 bits per heavy atom. The average Bonchev–Trinajstić information content (AvgIpc) is 3.12. The Bertz CT molecular complexity index is 881. The van der Waals surface area contributed by atoms with E-state index in [2.05, 4.69) is 37.4 Å². The Labute approximate surface area is 156 Å². The molecule has 0 unspecified atom stereocenters. The van der Waals surface area contributed by atoms with Gasteiger partial charge in [0.05, 0.1) is 0 Å². The van der Waals surface area contributed by atoms with Gasteiger partial charge in [-0.1, -0.05) is 30.0 Å². The third kappa shape index (κ3) is 5.08. The molecule has 2 nitrogen and oxygen atoms in total. The van der Waals surface area contributed by atoms with Crippen molar-refractivity contribution in [1.29, 1.82) is 0 Å². The van der Waals surface area contributed by atoms with Crippen molar-refractivity contribution in [3.63, 3.8) is 0 Å². The van der Waals surface area contributed by atoms with Gasteiger partial charge in [-0.05, 0) is 72.8 Å². The maximum absolute atomic E-state index is 12.0. The van der Waals surface area contributed by atoms with Crippen LogP contribution in [-0.4, -0.2) is 5.91 Å². The molecule has 2 aromatic carbocycles. The molecule has 0 aliphatic rings. The maximum Gasteiger partial charge on any atom is 0.248 e. The van der Waals surface area contributed by atoms with E-state index in [9.17, 15) is 4.79 Å². The maximum atomic E-state index is 12.0. The van der Waals surface area contributed by atoms with Crippen LogP contribution >= 0.6 is 23.1 Å². The first-order chi connectivity index (χ1) is 12.1. The third-order valence-electron chi connectivity index (χ3n) is 3.64. The first-order valence-electron chi connectivity index (χ1n) is 7.98. The van der Waals surface area contributed by atoms with E-state index in [-0.39, 0.29) is 5.91 Å². The highest BCUT2D eigenvalue weighted by atomic mass is 32.2. The second-order valence-corrected chi connectivity index (χ2v) is 7.83. The molecular weight excluding hydrogens is 346 g/mol. The zero-order chi connectivity index (χ0) is 17.6. The van der Waals surface area contributed by atoms with Crippen molar-refractivity contribution in [3.05, 3.63) is 82.1 Å². The van der Waals surface area contributed by atoms with Crippen LogP contribution in [-0.2, 0) is 4.79 Å². The molecular formula is C21H19NOS2. The number of rotatable bonds is 5. The number of carbonyl (C=O) groups excluding carboxylic acids is 1. The Morgan fingerprint density at radius 3 is 2.60 bits per heavy atom. The molecule has 1 aromatic heterocycles. The predicted octanol–water partition coefficient (Wildman–Crippen LogP) is 6.17. The minimum atomic E-state index is -0.122. The quantitative estimate of drug-likeness (QED) is 0.548. The molecule has 126 valence electrons. The highest BCUT2D eigenvalue weighted by Gasteiger charge is 2.03. The first kappa shape index (κ1) is 17.5. The number of amides is 1. The fourth-order valence-corrected chi connectivity index (χ4v) is 3.90. The molecule has 1 heterocycles. The van der Waals surface area contributed by atoms with Crippen LogP contribution in [0.1, 0.15) is 16.0 Å². The summed E-state index contributed by atoms with van der Waals surface area (Å²) in [6.07, 6.45) is 3.38. The largest absolute Gasteiger partial charge is 0.323 e. The molecule has 0 bridgehead atoms. The van der Waals surface area contributed by atoms with Crippen LogP contribution < -0.4 is 5.32 Å². The van der Waals surface area contributed by atoms with Gasteiger partial charge in [-0.15, -0.1) is 11.3 Å². The summed E-state index contributed by atoms with van der Waals surface area (Å²) in [6, 6.07) is 18.4. The van der Waals surface area contributed by atoms with E-state index in [1.54, 1.807) is 29.2 Å². The highest BCUT2D eigenvalue weighted by molar-refractivity contribution is 7.99. The fraction of sp³-hybridized carbons (Fsp3) is 0.0952. The summed E-state index contributed by atoms with van der Waals surface area (Å²) in [7, 11) is 0. The van der Waals surface area contributed by atoms with E-state index in [1.165, 1.54) is 16.0 Å². The number of carbonyl (C=O) groups is 1. The summed E-state index contributed by atoms with van der Waals surface area (Å²) >= 11 is 3.35. The molecule has 1 N–H and O–H groups in total. The molecule has 0 atom stereocenters. The summed E-state index contributed by atoms with van der Waals surface area (Å²) in [5, 5.41) is 4.88. The van der Waals surface area contributed by atoms with Crippen LogP contribution in [0.15, 0.2) is 75.8 Å². The summed E-state index contributed by atoms with van der Waals surface area (Å²) in [6.45, 7) is 4.22. The highest BCUT2D eigenvalue weighted by Crippen LogP contribution is 2.31. The van der Waals surface area contributed by atoms with Gasteiger partial charge >= 0.3 is 0 Å². The normalized spacial score (nSPS) is 11.0. The Hall–Kier alpha value is -2.30. The zero-order valence-electron chi connectivity index (χ0n) is 14.2. The minimum Gasteiger partial charge on any atom is -0.323 e. The number of thiophene rings is 1. The van der Waals surface area contributed by atoms with Crippen molar-refractivity contribution in [2.75, 3.05) is 5.32 Å². The summed E-state index contributed by atoms with van der Waals surface area (Å²) < 4.78 is 0. The molecule has 0 saturated heterocycles. The molecule has 0 aliphatic carbocycles. The van der Waals surface area contributed by atoms with E-state index in [4.69, 9.17) is 0 Å². The number of hydrogen-bond acceptors (Lipinski definition) is 3. The van der Waals surface area contributed by atoms with Crippen molar-refractivity contribution >= 4 is 40.8 Å². The first-order valence-corrected chi connectivity index (χ1v) is 9.67. The predicted molar refractivity (Wildman–Crippen MR) is 108 cm³/mol. The van der Waals surface area contributed by atoms with Gasteiger partial charge in [0.25, 0.3) is 0 Å². The van der Waals surface area contributed by atoms with Crippen LogP contribution in [0.2, 0.25) is 0 Å². The van der Waals surface area contributed by atoms with Crippen LogP contribution in [0, 0.1) is 13.8 Å². The smallest absolute Gasteiger partial charge is 0.248 e. The average molecular weight is 366 g/mol. The molecule has 25 heavy (non-hydrogen) atoms. The lowest BCUT2D eigenvalue weighted by molar-refractivity contribution is -0.111. The zero-order valence-corrected chi connectivity index (χ0v) is 15.8. The number of nitrogens with one attached hydrogen (secondary N) is 1. The van der Waals surface area contributed by atoms with Crippen LogP contribution in [0.25, 0.3) is 6.08 Å². The van der Waals surface area contributed by atoms with Gasteiger partial charge in [-0.25, -0.2) is 0 Å². The SMILES string of the molecule is Cc1ccc(C)c(Sc2ccc(NC(=O)C=Cc3cccs3)cc2)c1. The number of benzene rings is 2. The van der Waals surface area contributed by atoms with E-state index in [1.807, 2.05) is 47.9 Å². The second-order valence-electron chi connectivity index (χ2n) is 5.73. The van der Waals surface area contributed by atoms with Crippen LogP contribution in [0.4, 0.5) is 5.69 Å². The van der Waals surface area contributed by atoms with Gasteiger partial charge in [-0.3, -0.25) is 4.79 Å². The molecule has 0 radical (unpaired) electrons. The molecule has 0 fully saturated rings. The van der Waals surface area contributed by atoms with Gasteiger partial charge in [0, 0.05) is 26.4 Å². The lowest BCUT2D eigenvalue weighted by atomic mass is 10.2. The van der Waals surface area contributed by atoms with Crippen LogP contribution in [0.3, 0.4) is 0 Å². The van der Waals surface area contributed by atoms with Gasteiger partial charge in [0.1, 0.15) is 0 Å². The van der Waals surface area contributed by atoms with E-state index in [0.717, 1.165) is 15.5 Å². The number of anilines is 1. The van der Waals surface area contributed by atoms with Gasteiger partial charge < -0.3 is 5.32 Å². The van der Waals surface area contributed by atoms with Crippen molar-refractivity contribution in [3.8, 4) is 0 Å². The van der Waals surface area contributed by atoms with Crippen molar-refractivity contribution in [2.24, 2.45) is 0 Å². The van der Waals surface area contributed by atoms with Crippen molar-refractivity contribution < 1.29 is 4.79 Å². The van der Waals surface area contributed by atoms with E-state index < -0.39 is 0 Å². The second kappa shape index (κ2) is 8.19. The van der Waals surface area contributed by atoms with Gasteiger partial charge in [-0.2, -0.15) is 0 Å². The topological polar surface area (TPSA) is 29.1 Å². The van der Waals surface area contributed by atoms with E-state index in [0.29, 0.717) is 0 Å². The third-order valence-corrected chi connectivity index (χ3v) is 5.64. The molecule has 0 saturated carbocycles. The minimum absolute atomic E-state index is 0.122. The summed E-state index contributed by atoms with van der Waals surface area (Å²) in [5.41, 5.74) is 3.33. The Kier molecular flexibility index (Phi) is 5.74. The molecule has 0 spiro atoms. The molecule has 3 rings (SSSR count). The lowest BCUT2D eigenvalue weighted by Crippen LogP contribution is -2.07. The number of hydrogen-bond donors (Lipinski definition) is 1. The van der Waals surface area contributed by atoms with E-state index >= 15 is 0 Å². The van der Waals surface area contributed by atoms with Gasteiger partial charge in [0.15, 0.2) is 0 Å². The standard InChI is InChI=1S/C21H19NOS2/c1-15-5-6-16(2)20(14-15)25-19-9-7-17(8-10-19)22-21(23)12-11-18-4-3-13-24-18/h3-14H,1-2H3,(H,22,23). The Balaban J connectivity index is 1.62. The fourth-order valence-electron chi connectivity index (χ4n) is 2.28. The molecule has 1 amide bonds. The number of aryl methyl sites for hydroxylation is 2. The lowest BCUT2D eigenvalue weighted by Gasteiger charge is -2.08. The summed E-state index contributed by atoms with van der Waals surface area (Å²) in [4.78, 5) is 15.4. The summed E-state index contributed by atoms with van der Waals surface area (Å²) in [5.74, 6) is -0.122. The van der Waals surface area contributed by atoms with Crippen LogP contribution in [0.5, 0.6) is 0 Å². The molecule has 4 heteroatoms. The Morgan fingerprint density at radius 2 is 1.88 bits per heavy atom. The molecule has 0 aliphatic heterocycles. The monoisotopic (exact) mass is 365 g/mol. The van der Waals surface area contributed by atoms with Crippen molar-refractivity contribution in [2.45, 2.75) is 23.6 Å². The van der Waals surface area contributed by atoms with Crippen molar-refractivity contribution in [1.82, 2.24) is 0 Å². The molecule has 3 aromatic rings. The van der Waals surface area contributed by atoms with Gasteiger partial charge in [0.2, 0.25) is 5.91 Å².